The zero-order valence-electron chi connectivity index (χ0n) is 13.3. The molecule has 0 unspecified atom stereocenters. The van der Waals surface area contributed by atoms with Crippen molar-refractivity contribution in [3.8, 4) is 5.88 Å². The normalized spacial score (nSPS) is 10.8. The topological polar surface area (TPSA) is 127 Å². The molecule has 0 atom stereocenters. The van der Waals surface area contributed by atoms with Gasteiger partial charge in [-0.2, -0.15) is 23.7 Å². The Hall–Kier alpha value is -3.28. The number of halogens is 4. The second-order valence-electron chi connectivity index (χ2n) is 4.82. The Bertz CT molecular complexity index is 855. The minimum absolute atomic E-state index is 0.0536. The van der Waals surface area contributed by atoms with Gasteiger partial charge in [-0.05, 0) is 18.2 Å². The van der Waals surface area contributed by atoms with Crippen LogP contribution < -0.4 is 15.1 Å². The Labute approximate surface area is 155 Å². The highest BCUT2D eigenvalue weighted by Gasteiger charge is 2.33. The molecule has 9 nitrogen and oxygen atoms in total. The number of rotatable bonds is 7. The molecule has 1 heterocycles. The number of anilines is 2. The molecule has 0 aliphatic rings. The van der Waals surface area contributed by atoms with Gasteiger partial charge >= 0.3 is 6.18 Å². The maximum Gasteiger partial charge on any atom is 0.417 e. The highest BCUT2D eigenvalue weighted by atomic mass is 35.5. The van der Waals surface area contributed by atoms with E-state index < -0.39 is 29.3 Å². The van der Waals surface area contributed by atoms with Gasteiger partial charge in [-0.15, -0.1) is 0 Å². The van der Waals surface area contributed by atoms with Crippen LogP contribution in [0.2, 0.25) is 5.02 Å². The van der Waals surface area contributed by atoms with Crippen molar-refractivity contribution in [2.75, 3.05) is 16.9 Å². The third kappa shape index (κ3) is 5.34. The Morgan fingerprint density at radius 1 is 1.37 bits per heavy atom. The van der Waals surface area contributed by atoms with Crippen LogP contribution in [0.15, 0.2) is 35.8 Å². The van der Waals surface area contributed by atoms with Gasteiger partial charge < -0.3 is 10.1 Å². The number of hydrogen-bond acceptors (Lipinski definition) is 7. The fourth-order valence-corrected chi connectivity index (χ4v) is 2.06. The second kappa shape index (κ2) is 8.40. The van der Waals surface area contributed by atoms with Crippen molar-refractivity contribution in [3.63, 3.8) is 0 Å². The average Bonchev–Trinajstić information content (AvgIpc) is 2.62. The van der Waals surface area contributed by atoms with E-state index in [1.54, 1.807) is 0 Å². The van der Waals surface area contributed by atoms with Crippen LogP contribution in [0.1, 0.15) is 5.56 Å². The Kier molecular flexibility index (Phi) is 6.23. The molecule has 2 aromatic rings. The quantitative estimate of drug-likeness (QED) is 0.283. The van der Waals surface area contributed by atoms with Crippen molar-refractivity contribution in [1.82, 2.24) is 9.97 Å². The van der Waals surface area contributed by atoms with Gasteiger partial charge in [0.25, 0.3) is 5.91 Å². The third-order valence-electron chi connectivity index (χ3n) is 3.00. The fourth-order valence-electron chi connectivity index (χ4n) is 1.84. The summed E-state index contributed by atoms with van der Waals surface area (Å²) >= 11 is 5.51. The smallest absolute Gasteiger partial charge is 0.417 e. The van der Waals surface area contributed by atoms with Crippen molar-refractivity contribution in [2.24, 2.45) is 5.22 Å². The number of carbonyl (C=O) groups excluding carboxylic acids is 1. The van der Waals surface area contributed by atoms with E-state index in [9.17, 15) is 18.0 Å². The van der Waals surface area contributed by atoms with Gasteiger partial charge in [0.15, 0.2) is 12.4 Å². The molecule has 0 aliphatic heterocycles. The summed E-state index contributed by atoms with van der Waals surface area (Å²) in [6, 6.07) is 4.17. The lowest BCUT2D eigenvalue weighted by molar-refractivity contribution is -0.137. The highest BCUT2D eigenvalue weighted by molar-refractivity contribution is 6.31. The summed E-state index contributed by atoms with van der Waals surface area (Å²) in [5, 5.41) is 12.7. The standard InChI is InChI=1S/C14H11ClF3N7O2/c15-10-2-1-8(3-9(10)14(16,17)18)23-12(26)5-27-13-4-11(21-7-22-13)25(6-19)24-20/h1-4,6-7,19-20H,5H2,(H,23,26). The van der Waals surface area contributed by atoms with Crippen molar-refractivity contribution in [2.45, 2.75) is 6.18 Å². The van der Waals surface area contributed by atoms with Crippen molar-refractivity contribution in [1.29, 1.82) is 10.9 Å². The fraction of sp³-hybridized carbons (Fsp3) is 0.143. The highest BCUT2D eigenvalue weighted by Crippen LogP contribution is 2.36. The molecule has 142 valence electrons. The molecule has 27 heavy (non-hydrogen) atoms. The number of alkyl halides is 3. The molecule has 2 rings (SSSR count). The summed E-state index contributed by atoms with van der Waals surface area (Å²) in [6.45, 7) is -0.553. The van der Waals surface area contributed by atoms with E-state index in [1.165, 1.54) is 12.1 Å². The first kappa shape index (κ1) is 20.0. The predicted octanol–water partition coefficient (Wildman–Crippen LogP) is 3.53. The van der Waals surface area contributed by atoms with Crippen molar-refractivity contribution >= 4 is 35.4 Å². The average molecular weight is 402 g/mol. The zero-order valence-corrected chi connectivity index (χ0v) is 14.0. The van der Waals surface area contributed by atoms with E-state index in [-0.39, 0.29) is 17.4 Å². The summed E-state index contributed by atoms with van der Waals surface area (Å²) < 4.78 is 43.6. The zero-order chi connectivity index (χ0) is 20.0. The monoisotopic (exact) mass is 401 g/mol. The van der Waals surface area contributed by atoms with E-state index in [2.05, 4.69) is 20.5 Å². The molecule has 13 heteroatoms. The Balaban J connectivity index is 2.02. The van der Waals surface area contributed by atoms with E-state index in [0.717, 1.165) is 23.7 Å². The van der Waals surface area contributed by atoms with Gasteiger partial charge in [0.2, 0.25) is 5.88 Å². The molecular weight excluding hydrogens is 391 g/mol. The van der Waals surface area contributed by atoms with Crippen LogP contribution in [0.5, 0.6) is 5.88 Å². The van der Waals surface area contributed by atoms with Crippen LogP contribution in [0.4, 0.5) is 24.7 Å². The lowest BCUT2D eigenvalue weighted by atomic mass is 10.2. The molecule has 0 saturated heterocycles. The van der Waals surface area contributed by atoms with E-state index in [1.807, 2.05) is 0 Å². The number of nitrogens with one attached hydrogen (secondary N) is 3. The Morgan fingerprint density at radius 3 is 2.74 bits per heavy atom. The number of amides is 1. The van der Waals surface area contributed by atoms with Crippen LogP contribution in [-0.2, 0) is 11.0 Å². The van der Waals surface area contributed by atoms with E-state index in [0.29, 0.717) is 6.07 Å². The number of carbonyl (C=O) groups is 1. The van der Waals surface area contributed by atoms with Crippen molar-refractivity contribution in [3.05, 3.63) is 41.2 Å². The summed E-state index contributed by atoms with van der Waals surface area (Å²) in [5.41, 5.74) is 5.70. The van der Waals surface area contributed by atoms with Crippen LogP contribution in [0.25, 0.3) is 0 Å². The van der Waals surface area contributed by atoms with E-state index >= 15 is 0 Å². The van der Waals surface area contributed by atoms with Crippen molar-refractivity contribution < 1.29 is 22.7 Å². The summed E-state index contributed by atoms with van der Waals surface area (Å²) in [7, 11) is 0. The third-order valence-corrected chi connectivity index (χ3v) is 3.33. The van der Waals surface area contributed by atoms with Gasteiger partial charge in [0, 0.05) is 11.8 Å². The molecule has 1 aromatic carbocycles. The predicted molar refractivity (Wildman–Crippen MR) is 89.0 cm³/mol. The van der Waals surface area contributed by atoms with E-state index in [4.69, 9.17) is 27.3 Å². The largest absolute Gasteiger partial charge is 0.467 e. The first-order valence-electron chi connectivity index (χ1n) is 7.03. The molecular formula is C14H11ClF3N7O2. The second-order valence-corrected chi connectivity index (χ2v) is 5.22. The summed E-state index contributed by atoms with van der Waals surface area (Å²) in [5.74, 6) is -0.740. The first-order chi connectivity index (χ1) is 12.7. The van der Waals surface area contributed by atoms with Gasteiger partial charge in [-0.25, -0.2) is 9.97 Å². The molecule has 0 spiro atoms. The summed E-state index contributed by atoms with van der Waals surface area (Å²) in [6.07, 6.45) is -2.86. The van der Waals surface area contributed by atoms with Gasteiger partial charge in [-0.1, -0.05) is 16.8 Å². The van der Waals surface area contributed by atoms with Gasteiger partial charge in [-0.3, -0.25) is 10.2 Å². The lowest BCUT2D eigenvalue weighted by Gasteiger charge is -2.12. The maximum absolute atomic E-state index is 12.8. The van der Waals surface area contributed by atoms with Gasteiger partial charge in [0.1, 0.15) is 12.7 Å². The molecule has 3 N–H and O–H groups in total. The number of ether oxygens (including phenoxy) is 1. The molecule has 0 aliphatic carbocycles. The van der Waals surface area contributed by atoms with Gasteiger partial charge in [0.05, 0.1) is 10.6 Å². The lowest BCUT2D eigenvalue weighted by Crippen LogP contribution is -2.21. The SMILES string of the molecule is N=CN(N=N)c1cc(OCC(=O)Nc2ccc(Cl)c(C(F)(F)F)c2)ncn1. The summed E-state index contributed by atoms with van der Waals surface area (Å²) in [4.78, 5) is 19.4. The number of hydrogen-bond donors (Lipinski definition) is 3. The first-order valence-corrected chi connectivity index (χ1v) is 7.41. The molecule has 0 radical (unpaired) electrons. The minimum atomic E-state index is -4.66. The number of nitrogens with zero attached hydrogens (tertiary/aromatic N) is 4. The molecule has 0 saturated carbocycles. The number of aromatic nitrogens is 2. The number of benzene rings is 1. The Morgan fingerprint density at radius 2 is 2.11 bits per heavy atom. The molecule has 0 bridgehead atoms. The van der Waals surface area contributed by atoms with Crippen LogP contribution >= 0.6 is 11.6 Å². The van der Waals surface area contributed by atoms with Crippen LogP contribution in [0.3, 0.4) is 0 Å². The minimum Gasteiger partial charge on any atom is -0.467 e. The molecule has 1 amide bonds. The molecule has 0 fully saturated rings. The van der Waals surface area contributed by atoms with Crippen LogP contribution in [0, 0.1) is 10.9 Å². The molecule has 1 aromatic heterocycles. The maximum atomic E-state index is 12.8. The van der Waals surface area contributed by atoms with Crippen LogP contribution in [-0.4, -0.2) is 28.8 Å².